The first-order chi connectivity index (χ1) is 27.8. The highest BCUT2D eigenvalue weighted by Gasteiger charge is 2.22. The first-order valence-corrected chi connectivity index (χ1v) is 18.8. The van der Waals surface area contributed by atoms with Gasteiger partial charge in [-0.15, -0.1) is 0 Å². The van der Waals surface area contributed by atoms with Crippen molar-refractivity contribution in [2.45, 2.75) is 0 Å². The summed E-state index contributed by atoms with van der Waals surface area (Å²) in [6.45, 7) is 0. The van der Waals surface area contributed by atoms with E-state index < -0.39 is 0 Å². The van der Waals surface area contributed by atoms with Gasteiger partial charge in [-0.1, -0.05) is 164 Å². The lowest BCUT2D eigenvalue weighted by molar-refractivity contribution is 0.669. The van der Waals surface area contributed by atoms with Crippen LogP contribution in [0.1, 0.15) is 0 Å². The highest BCUT2D eigenvalue weighted by Crippen LogP contribution is 2.44. The van der Waals surface area contributed by atoms with Crippen LogP contribution in [-0.2, 0) is 0 Å². The minimum atomic E-state index is 0.614. The third kappa shape index (κ3) is 5.21. The van der Waals surface area contributed by atoms with Crippen molar-refractivity contribution < 1.29 is 4.42 Å². The van der Waals surface area contributed by atoms with Crippen molar-refractivity contribution in [2.24, 2.45) is 0 Å². The van der Waals surface area contributed by atoms with Crippen molar-refractivity contribution >= 4 is 43.7 Å². The molecule has 5 heteroatoms. The average Bonchev–Trinajstić information content (AvgIpc) is 3.83. The Balaban J connectivity index is 1.18. The molecule has 11 rings (SSSR count). The van der Waals surface area contributed by atoms with Crippen molar-refractivity contribution in [3.8, 4) is 62.1 Å². The molecule has 8 aromatic carbocycles. The van der Waals surface area contributed by atoms with Gasteiger partial charge in [0.2, 0.25) is 0 Å². The summed E-state index contributed by atoms with van der Waals surface area (Å²) in [5, 5.41) is 4.46. The van der Waals surface area contributed by atoms with Crippen LogP contribution in [0.3, 0.4) is 0 Å². The number of rotatable bonds is 6. The Morgan fingerprint density at radius 3 is 1.55 bits per heavy atom. The van der Waals surface area contributed by atoms with Gasteiger partial charge in [0.05, 0.1) is 22.1 Å². The van der Waals surface area contributed by atoms with Crippen LogP contribution in [0.2, 0.25) is 0 Å². The van der Waals surface area contributed by atoms with E-state index in [1.807, 2.05) is 60.7 Å². The van der Waals surface area contributed by atoms with Gasteiger partial charge >= 0.3 is 0 Å². The van der Waals surface area contributed by atoms with Crippen molar-refractivity contribution in [1.29, 1.82) is 0 Å². The summed E-state index contributed by atoms with van der Waals surface area (Å²) in [6, 6.07) is 67.4. The number of para-hydroxylation sites is 1. The highest BCUT2D eigenvalue weighted by atomic mass is 16.3. The molecule has 0 atom stereocenters. The maximum atomic E-state index is 6.69. The Hall–Kier alpha value is -7.63. The Labute approximate surface area is 322 Å². The monoisotopic (exact) mass is 716 g/mol. The van der Waals surface area contributed by atoms with Gasteiger partial charge in [0, 0.05) is 32.8 Å². The molecule has 0 saturated carbocycles. The fourth-order valence-electron chi connectivity index (χ4n) is 8.15. The molecule has 0 fully saturated rings. The van der Waals surface area contributed by atoms with E-state index in [0.717, 1.165) is 71.9 Å². The van der Waals surface area contributed by atoms with E-state index in [1.54, 1.807) is 0 Å². The Morgan fingerprint density at radius 2 is 0.857 bits per heavy atom. The van der Waals surface area contributed by atoms with Crippen LogP contribution in [-0.4, -0.2) is 19.5 Å². The quantitative estimate of drug-likeness (QED) is 0.172. The van der Waals surface area contributed by atoms with Gasteiger partial charge in [0.1, 0.15) is 11.2 Å². The summed E-state index contributed by atoms with van der Waals surface area (Å²) in [5.41, 5.74) is 12.3. The molecule has 0 saturated heterocycles. The first-order valence-electron chi connectivity index (χ1n) is 18.8. The molecule has 0 bridgehead atoms. The third-order valence-corrected chi connectivity index (χ3v) is 10.7. The number of hydrogen-bond acceptors (Lipinski definition) is 4. The third-order valence-electron chi connectivity index (χ3n) is 10.7. The molecular formula is C51H32N4O. The van der Waals surface area contributed by atoms with Gasteiger partial charge < -0.3 is 8.98 Å². The predicted molar refractivity (Wildman–Crippen MR) is 229 cm³/mol. The number of furan rings is 1. The van der Waals surface area contributed by atoms with Crippen LogP contribution in [0.4, 0.5) is 0 Å². The lowest BCUT2D eigenvalue weighted by atomic mass is 9.92. The van der Waals surface area contributed by atoms with Crippen LogP contribution in [0, 0.1) is 0 Å². The zero-order chi connectivity index (χ0) is 37.0. The average molecular weight is 717 g/mol. The van der Waals surface area contributed by atoms with Gasteiger partial charge in [0.15, 0.2) is 17.5 Å². The normalized spacial score (nSPS) is 11.6. The topological polar surface area (TPSA) is 56.7 Å². The Kier molecular flexibility index (Phi) is 7.42. The van der Waals surface area contributed by atoms with Crippen LogP contribution in [0.5, 0.6) is 0 Å². The summed E-state index contributed by atoms with van der Waals surface area (Å²) < 4.78 is 9.06. The van der Waals surface area contributed by atoms with Crippen molar-refractivity contribution in [2.75, 3.05) is 0 Å². The fraction of sp³-hybridized carbons (Fsp3) is 0. The minimum absolute atomic E-state index is 0.614. The van der Waals surface area contributed by atoms with E-state index in [-0.39, 0.29) is 0 Å². The molecule has 262 valence electrons. The number of aromatic nitrogens is 4. The van der Waals surface area contributed by atoms with E-state index in [2.05, 4.69) is 138 Å². The summed E-state index contributed by atoms with van der Waals surface area (Å²) in [7, 11) is 0. The predicted octanol–water partition coefficient (Wildman–Crippen LogP) is 13.2. The van der Waals surface area contributed by atoms with E-state index >= 15 is 0 Å². The second-order valence-electron chi connectivity index (χ2n) is 14.0. The maximum absolute atomic E-state index is 6.69. The number of benzene rings is 8. The SMILES string of the molecule is c1ccc(-c2nc(-c3ccccc3)nc(-c3ccc4c5ccccc5n(-c5cccc6oc7cccc(-c8ccccc8-c8ccccc8)c7c56)c4c3)n2)cc1. The number of fused-ring (bicyclic) bond motifs is 6. The summed E-state index contributed by atoms with van der Waals surface area (Å²) >= 11 is 0. The molecular weight excluding hydrogens is 685 g/mol. The van der Waals surface area contributed by atoms with E-state index in [0.29, 0.717) is 17.5 Å². The molecule has 0 unspecified atom stereocenters. The molecule has 56 heavy (non-hydrogen) atoms. The second kappa shape index (κ2) is 13.0. The molecule has 5 nitrogen and oxygen atoms in total. The van der Waals surface area contributed by atoms with Crippen LogP contribution in [0.15, 0.2) is 199 Å². The van der Waals surface area contributed by atoms with E-state index in [9.17, 15) is 0 Å². The molecule has 0 N–H and O–H groups in total. The summed E-state index contributed by atoms with van der Waals surface area (Å²) in [5.74, 6) is 1.88. The van der Waals surface area contributed by atoms with Crippen LogP contribution >= 0.6 is 0 Å². The van der Waals surface area contributed by atoms with E-state index in [1.165, 1.54) is 16.5 Å². The van der Waals surface area contributed by atoms with Crippen LogP contribution < -0.4 is 0 Å². The first kappa shape index (κ1) is 31.9. The zero-order valence-electron chi connectivity index (χ0n) is 30.2. The van der Waals surface area contributed by atoms with Gasteiger partial charge in [-0.3, -0.25) is 0 Å². The zero-order valence-corrected chi connectivity index (χ0v) is 30.2. The second-order valence-corrected chi connectivity index (χ2v) is 14.0. The standard InChI is InChI=1S/C51H32N4O/c1-4-16-33(17-5-1)37-22-10-11-23-38(37)41-25-14-28-45-47(41)48-43(27-15-29-46(48)56-45)55-42-26-13-12-24-39(42)40-31-30-36(32-44(40)55)51-53-49(34-18-6-2-7-19-34)52-50(54-51)35-20-8-3-9-21-35/h1-32H. The summed E-state index contributed by atoms with van der Waals surface area (Å²) in [6.07, 6.45) is 0. The van der Waals surface area contributed by atoms with E-state index in [4.69, 9.17) is 19.4 Å². The Bertz CT molecular complexity index is 3180. The lowest BCUT2D eigenvalue weighted by Crippen LogP contribution is -2.00. The molecule has 0 aliphatic carbocycles. The molecule has 11 aromatic rings. The minimum Gasteiger partial charge on any atom is -0.456 e. The lowest BCUT2D eigenvalue weighted by Gasteiger charge is -2.14. The highest BCUT2D eigenvalue weighted by molar-refractivity contribution is 6.19. The maximum Gasteiger partial charge on any atom is 0.164 e. The van der Waals surface area contributed by atoms with Gasteiger partial charge in [0.25, 0.3) is 0 Å². The smallest absolute Gasteiger partial charge is 0.164 e. The molecule has 0 amide bonds. The van der Waals surface area contributed by atoms with Gasteiger partial charge in [-0.05, 0) is 52.6 Å². The van der Waals surface area contributed by atoms with Crippen LogP contribution in [0.25, 0.3) is 106 Å². The molecule has 3 heterocycles. The molecule has 0 radical (unpaired) electrons. The van der Waals surface area contributed by atoms with Gasteiger partial charge in [-0.2, -0.15) is 0 Å². The van der Waals surface area contributed by atoms with Crippen molar-refractivity contribution in [3.63, 3.8) is 0 Å². The largest absolute Gasteiger partial charge is 0.456 e. The fourth-order valence-corrected chi connectivity index (χ4v) is 8.15. The number of nitrogens with zero attached hydrogens (tertiary/aromatic N) is 4. The summed E-state index contributed by atoms with van der Waals surface area (Å²) in [4.78, 5) is 15.1. The number of hydrogen-bond donors (Lipinski definition) is 0. The molecule has 3 aromatic heterocycles. The van der Waals surface area contributed by atoms with Crippen molar-refractivity contribution in [3.05, 3.63) is 194 Å². The molecule has 0 aliphatic rings. The molecule has 0 spiro atoms. The molecule has 0 aliphatic heterocycles. The van der Waals surface area contributed by atoms with Gasteiger partial charge in [-0.25, -0.2) is 15.0 Å². The Morgan fingerprint density at radius 1 is 0.339 bits per heavy atom. The van der Waals surface area contributed by atoms with Crippen molar-refractivity contribution in [1.82, 2.24) is 19.5 Å².